The van der Waals surface area contributed by atoms with Crippen molar-refractivity contribution in [2.45, 2.75) is 0 Å². The van der Waals surface area contributed by atoms with Crippen LogP contribution in [0.3, 0.4) is 0 Å². The minimum Gasteiger partial charge on any atom is -0.497 e. The molecule has 16 heavy (non-hydrogen) atoms. The third-order valence-electron chi connectivity index (χ3n) is 2.45. The van der Waals surface area contributed by atoms with E-state index in [0.717, 1.165) is 10.8 Å². The Bertz CT molecular complexity index is 613. The van der Waals surface area contributed by atoms with Crippen molar-refractivity contribution in [2.75, 3.05) is 7.11 Å². The van der Waals surface area contributed by atoms with Gasteiger partial charge in [-0.3, -0.25) is 0 Å². The van der Waals surface area contributed by atoms with E-state index >= 15 is 0 Å². The number of hydrogen-bond donors (Lipinski definition) is 0. The fraction of sp³-hybridized carbons (Fsp3) is 0.0833. The summed E-state index contributed by atoms with van der Waals surface area (Å²) >= 11 is 3.40. The summed E-state index contributed by atoms with van der Waals surface area (Å²) in [6, 6.07) is 6.16. The van der Waals surface area contributed by atoms with Crippen molar-refractivity contribution in [1.29, 1.82) is 0 Å². The lowest BCUT2D eigenvalue weighted by molar-refractivity contribution is 0.415. The Labute approximate surface area is 101 Å². The summed E-state index contributed by atoms with van der Waals surface area (Å²) in [5, 5.41) is 6.49. The highest BCUT2D eigenvalue weighted by Gasteiger charge is 2.08. The molecule has 0 unspecified atom stereocenters. The molecule has 0 aliphatic heterocycles. The molecule has 1 aromatic carbocycles. The molecule has 0 saturated heterocycles. The minimum atomic E-state index is 0.903. The molecule has 0 aliphatic rings. The van der Waals surface area contributed by atoms with Gasteiger partial charge in [-0.05, 0) is 18.2 Å². The molecule has 3 aromatic rings. The number of aromatic nitrogens is 1. The summed E-state index contributed by atoms with van der Waals surface area (Å²) in [5.41, 5.74) is 1.22. The summed E-state index contributed by atoms with van der Waals surface area (Å²) in [6.07, 6.45) is 1.84. The van der Waals surface area contributed by atoms with Gasteiger partial charge in [-0.15, -0.1) is 22.7 Å². The Morgan fingerprint density at radius 3 is 2.94 bits per heavy atom. The van der Waals surface area contributed by atoms with Crippen LogP contribution in [0.5, 0.6) is 5.75 Å². The molecular weight excluding hydrogens is 238 g/mol. The van der Waals surface area contributed by atoms with E-state index in [0.29, 0.717) is 0 Å². The third-order valence-corrected chi connectivity index (χ3v) is 4.20. The maximum absolute atomic E-state index is 5.22. The number of hydrogen-bond acceptors (Lipinski definition) is 4. The predicted octanol–water partition coefficient (Wildman–Crippen LogP) is 4.03. The molecular formula is C12H9NOS2. The molecule has 2 heterocycles. The van der Waals surface area contributed by atoms with Crippen LogP contribution in [0.4, 0.5) is 0 Å². The molecule has 2 aromatic heterocycles. The largest absolute Gasteiger partial charge is 0.497 e. The lowest BCUT2D eigenvalue weighted by Gasteiger charge is -1.99. The molecule has 0 atom stereocenters. The van der Waals surface area contributed by atoms with Crippen molar-refractivity contribution in [3.63, 3.8) is 0 Å². The summed E-state index contributed by atoms with van der Waals surface area (Å²) in [6.45, 7) is 0. The van der Waals surface area contributed by atoms with Gasteiger partial charge in [-0.2, -0.15) is 0 Å². The number of methoxy groups -OCH3 is 1. The molecule has 2 nitrogen and oxygen atoms in total. The van der Waals surface area contributed by atoms with Crippen molar-refractivity contribution in [3.05, 3.63) is 35.2 Å². The van der Waals surface area contributed by atoms with Gasteiger partial charge < -0.3 is 4.74 Å². The minimum absolute atomic E-state index is 0.903. The standard InChI is InChI=1S/C12H9NOS2/c1-14-8-2-3-9-10(7-16-11(9)6-8)12-13-4-5-15-12/h2-7H,1H3. The highest BCUT2D eigenvalue weighted by Crippen LogP contribution is 2.36. The average molecular weight is 247 g/mol. The smallest absolute Gasteiger partial charge is 0.124 e. The van der Waals surface area contributed by atoms with Gasteiger partial charge in [0, 0.05) is 32.6 Å². The lowest BCUT2D eigenvalue weighted by Crippen LogP contribution is -1.80. The Hall–Kier alpha value is -1.39. The van der Waals surface area contributed by atoms with Crippen LogP contribution in [-0.2, 0) is 0 Å². The number of fused-ring (bicyclic) bond motifs is 1. The van der Waals surface area contributed by atoms with E-state index in [4.69, 9.17) is 4.74 Å². The van der Waals surface area contributed by atoms with Crippen molar-refractivity contribution in [2.24, 2.45) is 0 Å². The Morgan fingerprint density at radius 1 is 1.25 bits per heavy atom. The number of nitrogens with zero attached hydrogens (tertiary/aromatic N) is 1. The Kier molecular flexibility index (Phi) is 2.38. The Morgan fingerprint density at radius 2 is 2.19 bits per heavy atom. The highest BCUT2D eigenvalue weighted by atomic mass is 32.1. The second kappa shape index (κ2) is 3.88. The summed E-state index contributed by atoms with van der Waals surface area (Å²) in [4.78, 5) is 4.35. The fourth-order valence-electron chi connectivity index (χ4n) is 1.66. The molecule has 0 fully saturated rings. The number of thiophene rings is 1. The first-order valence-corrected chi connectivity index (χ1v) is 6.59. The number of thiazole rings is 1. The average Bonchev–Trinajstić information content (AvgIpc) is 2.96. The second-order valence-electron chi connectivity index (χ2n) is 3.35. The van der Waals surface area contributed by atoms with Crippen molar-refractivity contribution in [3.8, 4) is 16.3 Å². The number of benzene rings is 1. The summed E-state index contributed by atoms with van der Waals surface area (Å²) in [7, 11) is 1.69. The first-order chi connectivity index (χ1) is 7.88. The zero-order valence-electron chi connectivity index (χ0n) is 8.64. The number of rotatable bonds is 2. The van der Waals surface area contributed by atoms with E-state index in [9.17, 15) is 0 Å². The highest BCUT2D eigenvalue weighted by molar-refractivity contribution is 7.18. The van der Waals surface area contributed by atoms with Crippen LogP contribution in [0.25, 0.3) is 20.7 Å². The third kappa shape index (κ3) is 1.50. The topological polar surface area (TPSA) is 22.1 Å². The van der Waals surface area contributed by atoms with Crippen LogP contribution in [0.2, 0.25) is 0 Å². The van der Waals surface area contributed by atoms with Gasteiger partial charge in [0.1, 0.15) is 10.8 Å². The predicted molar refractivity (Wildman–Crippen MR) is 69.5 cm³/mol. The van der Waals surface area contributed by atoms with Crippen LogP contribution in [0.1, 0.15) is 0 Å². The van der Waals surface area contributed by atoms with Crippen LogP contribution in [-0.4, -0.2) is 12.1 Å². The van der Waals surface area contributed by atoms with Gasteiger partial charge in [0.2, 0.25) is 0 Å². The van der Waals surface area contributed by atoms with Gasteiger partial charge in [-0.25, -0.2) is 4.98 Å². The zero-order chi connectivity index (χ0) is 11.0. The van der Waals surface area contributed by atoms with E-state index in [1.807, 2.05) is 17.6 Å². The molecule has 4 heteroatoms. The van der Waals surface area contributed by atoms with Gasteiger partial charge in [0.25, 0.3) is 0 Å². The second-order valence-corrected chi connectivity index (χ2v) is 5.15. The van der Waals surface area contributed by atoms with Crippen molar-refractivity contribution < 1.29 is 4.74 Å². The van der Waals surface area contributed by atoms with E-state index in [1.165, 1.54) is 15.6 Å². The van der Waals surface area contributed by atoms with Gasteiger partial charge in [-0.1, -0.05) is 0 Å². The van der Waals surface area contributed by atoms with Crippen molar-refractivity contribution in [1.82, 2.24) is 4.98 Å². The van der Waals surface area contributed by atoms with Gasteiger partial charge in [0.15, 0.2) is 0 Å². The fourth-order valence-corrected chi connectivity index (χ4v) is 3.37. The van der Waals surface area contributed by atoms with Crippen LogP contribution >= 0.6 is 22.7 Å². The van der Waals surface area contributed by atoms with E-state index in [-0.39, 0.29) is 0 Å². The summed E-state index contributed by atoms with van der Waals surface area (Å²) in [5.74, 6) is 0.903. The molecule has 0 amide bonds. The summed E-state index contributed by atoms with van der Waals surface area (Å²) < 4.78 is 6.46. The molecule has 0 saturated carbocycles. The molecule has 0 spiro atoms. The Balaban J connectivity index is 2.21. The van der Waals surface area contributed by atoms with E-state index in [2.05, 4.69) is 22.5 Å². The molecule has 0 radical (unpaired) electrons. The zero-order valence-corrected chi connectivity index (χ0v) is 10.3. The SMILES string of the molecule is COc1ccc2c(-c3nccs3)csc2c1. The molecule has 3 rings (SSSR count). The monoisotopic (exact) mass is 247 g/mol. The van der Waals surface area contributed by atoms with Gasteiger partial charge in [0.05, 0.1) is 7.11 Å². The molecule has 0 aliphatic carbocycles. The molecule has 0 N–H and O–H groups in total. The molecule has 80 valence electrons. The van der Waals surface area contributed by atoms with Crippen LogP contribution in [0, 0.1) is 0 Å². The first kappa shape index (κ1) is 9.81. The first-order valence-electron chi connectivity index (χ1n) is 4.83. The van der Waals surface area contributed by atoms with E-state index in [1.54, 1.807) is 29.8 Å². The van der Waals surface area contributed by atoms with Crippen molar-refractivity contribution >= 4 is 32.8 Å². The maximum atomic E-state index is 5.22. The maximum Gasteiger partial charge on any atom is 0.124 e. The number of ether oxygens (including phenoxy) is 1. The van der Waals surface area contributed by atoms with E-state index < -0.39 is 0 Å². The van der Waals surface area contributed by atoms with Gasteiger partial charge >= 0.3 is 0 Å². The van der Waals surface area contributed by atoms with Crippen LogP contribution in [0.15, 0.2) is 35.2 Å². The lowest BCUT2D eigenvalue weighted by atomic mass is 10.2. The quantitative estimate of drug-likeness (QED) is 0.682. The van der Waals surface area contributed by atoms with Crippen LogP contribution < -0.4 is 4.74 Å². The normalized spacial score (nSPS) is 10.8. The molecule has 0 bridgehead atoms.